The van der Waals surface area contributed by atoms with Crippen molar-refractivity contribution >= 4 is 11.6 Å². The van der Waals surface area contributed by atoms with Gasteiger partial charge in [0.2, 0.25) is 0 Å². The van der Waals surface area contributed by atoms with Gasteiger partial charge in [0, 0.05) is 30.7 Å². The molecule has 1 heterocycles. The van der Waals surface area contributed by atoms with Crippen LogP contribution in [0.25, 0.3) is 0 Å². The number of nitrogens with one attached hydrogen (secondary N) is 1. The Morgan fingerprint density at radius 2 is 2.15 bits per heavy atom. The number of halogens is 1. The molecular formula is C16H24ClNO2. The lowest BCUT2D eigenvalue weighted by atomic mass is 9.80. The molecule has 0 amide bonds. The molecule has 0 aliphatic carbocycles. The summed E-state index contributed by atoms with van der Waals surface area (Å²) in [4.78, 5) is 0. The summed E-state index contributed by atoms with van der Waals surface area (Å²) < 4.78 is 10.9. The monoisotopic (exact) mass is 297 g/mol. The van der Waals surface area contributed by atoms with Crippen molar-refractivity contribution in [3.05, 3.63) is 28.3 Å². The molecule has 1 aliphatic heterocycles. The van der Waals surface area contributed by atoms with Crippen LogP contribution in [-0.4, -0.2) is 33.4 Å². The van der Waals surface area contributed by atoms with Gasteiger partial charge in [0.05, 0.1) is 13.2 Å². The van der Waals surface area contributed by atoms with Crippen LogP contribution in [0.3, 0.4) is 0 Å². The Morgan fingerprint density at radius 3 is 2.90 bits per heavy atom. The summed E-state index contributed by atoms with van der Waals surface area (Å²) in [6.45, 7) is 7.85. The zero-order chi connectivity index (χ0) is 14.6. The summed E-state index contributed by atoms with van der Waals surface area (Å²) in [5, 5.41) is 4.21. The molecule has 0 radical (unpaired) electrons. The van der Waals surface area contributed by atoms with Crippen LogP contribution in [0.4, 0.5) is 0 Å². The molecule has 0 aromatic heterocycles. The van der Waals surface area contributed by atoms with E-state index in [-0.39, 0.29) is 5.41 Å². The number of rotatable bonds is 7. The van der Waals surface area contributed by atoms with Crippen molar-refractivity contribution in [3.63, 3.8) is 0 Å². The lowest BCUT2D eigenvalue weighted by Crippen LogP contribution is -2.27. The zero-order valence-electron chi connectivity index (χ0n) is 12.6. The van der Waals surface area contributed by atoms with Gasteiger partial charge in [-0.15, -0.1) is 0 Å². The van der Waals surface area contributed by atoms with E-state index in [1.807, 2.05) is 6.07 Å². The Labute approximate surface area is 126 Å². The van der Waals surface area contributed by atoms with Crippen LogP contribution in [0.15, 0.2) is 12.1 Å². The van der Waals surface area contributed by atoms with Crippen molar-refractivity contribution in [2.75, 3.05) is 33.4 Å². The van der Waals surface area contributed by atoms with Crippen molar-refractivity contribution < 1.29 is 9.47 Å². The Morgan fingerprint density at radius 1 is 1.35 bits per heavy atom. The Hall–Kier alpha value is -0.770. The first kappa shape index (κ1) is 15.6. The minimum atomic E-state index is 0.0411. The maximum atomic E-state index is 6.25. The maximum Gasteiger partial charge on any atom is 0.126 e. The van der Waals surface area contributed by atoms with Crippen LogP contribution in [0.2, 0.25) is 5.02 Å². The molecule has 1 aromatic carbocycles. The predicted octanol–water partition coefficient (Wildman–Crippen LogP) is 3.18. The molecular weight excluding hydrogens is 274 g/mol. The van der Waals surface area contributed by atoms with Crippen molar-refractivity contribution in [2.45, 2.75) is 32.1 Å². The molecule has 0 saturated carbocycles. The fourth-order valence-corrected chi connectivity index (χ4v) is 2.85. The molecule has 0 atom stereocenters. The Bertz CT molecular complexity index is 460. The normalized spacial score (nSPS) is 14.2. The molecule has 0 saturated heterocycles. The summed E-state index contributed by atoms with van der Waals surface area (Å²) in [6.07, 6.45) is 2.00. The van der Waals surface area contributed by atoms with E-state index in [1.165, 1.54) is 11.1 Å². The average Bonchev–Trinajstić information content (AvgIpc) is 2.85. The van der Waals surface area contributed by atoms with E-state index in [2.05, 4.69) is 25.2 Å². The number of fused-ring (bicyclic) bond motifs is 1. The van der Waals surface area contributed by atoms with Gasteiger partial charge >= 0.3 is 0 Å². The van der Waals surface area contributed by atoms with Gasteiger partial charge in [-0.05, 0) is 36.1 Å². The SMILES string of the molecule is COCCNCCC(C)(C)c1cc(Cl)cc2c1OCC2. The lowest BCUT2D eigenvalue weighted by molar-refractivity contribution is 0.198. The third-order valence-electron chi connectivity index (χ3n) is 3.89. The van der Waals surface area contributed by atoms with E-state index in [4.69, 9.17) is 21.1 Å². The third-order valence-corrected chi connectivity index (χ3v) is 4.11. The van der Waals surface area contributed by atoms with E-state index >= 15 is 0 Å². The summed E-state index contributed by atoms with van der Waals surface area (Å²) in [5.74, 6) is 1.05. The highest BCUT2D eigenvalue weighted by molar-refractivity contribution is 6.30. The van der Waals surface area contributed by atoms with E-state index in [0.717, 1.165) is 49.9 Å². The highest BCUT2D eigenvalue weighted by Crippen LogP contribution is 2.41. The molecule has 20 heavy (non-hydrogen) atoms. The summed E-state index contributed by atoms with van der Waals surface area (Å²) >= 11 is 6.25. The molecule has 0 unspecified atom stereocenters. The van der Waals surface area contributed by atoms with Gasteiger partial charge in [0.15, 0.2) is 0 Å². The number of methoxy groups -OCH3 is 1. The minimum Gasteiger partial charge on any atom is -0.493 e. The fraction of sp³-hybridized carbons (Fsp3) is 0.625. The minimum absolute atomic E-state index is 0.0411. The third kappa shape index (κ3) is 3.66. The number of benzene rings is 1. The molecule has 2 rings (SSSR count). The van der Waals surface area contributed by atoms with E-state index in [1.54, 1.807) is 7.11 Å². The first-order valence-electron chi connectivity index (χ1n) is 7.20. The van der Waals surface area contributed by atoms with Gasteiger partial charge in [0.1, 0.15) is 5.75 Å². The van der Waals surface area contributed by atoms with Gasteiger partial charge in [-0.25, -0.2) is 0 Å². The van der Waals surface area contributed by atoms with Crippen LogP contribution >= 0.6 is 11.6 Å². The number of hydrogen-bond acceptors (Lipinski definition) is 3. The molecule has 1 aromatic rings. The summed E-state index contributed by atoms with van der Waals surface area (Å²) in [5.41, 5.74) is 2.51. The molecule has 0 fully saturated rings. The lowest BCUT2D eigenvalue weighted by Gasteiger charge is -2.27. The quantitative estimate of drug-likeness (QED) is 0.784. The molecule has 0 bridgehead atoms. The topological polar surface area (TPSA) is 30.5 Å². The largest absolute Gasteiger partial charge is 0.493 e. The molecule has 112 valence electrons. The van der Waals surface area contributed by atoms with Crippen molar-refractivity contribution in [1.82, 2.24) is 5.32 Å². The summed E-state index contributed by atoms with van der Waals surface area (Å²) in [6, 6.07) is 4.08. The van der Waals surface area contributed by atoms with Crippen LogP contribution in [0.1, 0.15) is 31.4 Å². The molecule has 1 aliphatic rings. The fourth-order valence-electron chi connectivity index (χ4n) is 2.61. The average molecular weight is 298 g/mol. The van der Waals surface area contributed by atoms with Crippen LogP contribution < -0.4 is 10.1 Å². The van der Waals surface area contributed by atoms with Gasteiger partial charge in [-0.3, -0.25) is 0 Å². The zero-order valence-corrected chi connectivity index (χ0v) is 13.3. The van der Waals surface area contributed by atoms with Crippen LogP contribution in [0.5, 0.6) is 5.75 Å². The second kappa shape index (κ2) is 6.79. The molecule has 3 nitrogen and oxygen atoms in total. The highest BCUT2D eigenvalue weighted by atomic mass is 35.5. The van der Waals surface area contributed by atoms with E-state index in [0.29, 0.717) is 0 Å². The van der Waals surface area contributed by atoms with Crippen LogP contribution in [0, 0.1) is 0 Å². The Kier molecular flexibility index (Phi) is 5.30. The molecule has 1 N–H and O–H groups in total. The number of ether oxygens (including phenoxy) is 2. The smallest absolute Gasteiger partial charge is 0.126 e. The van der Waals surface area contributed by atoms with Gasteiger partial charge < -0.3 is 14.8 Å². The van der Waals surface area contributed by atoms with Gasteiger partial charge in [-0.1, -0.05) is 25.4 Å². The van der Waals surface area contributed by atoms with E-state index < -0.39 is 0 Å². The predicted molar refractivity (Wildman–Crippen MR) is 83.0 cm³/mol. The van der Waals surface area contributed by atoms with E-state index in [9.17, 15) is 0 Å². The first-order valence-corrected chi connectivity index (χ1v) is 7.58. The summed E-state index contributed by atoms with van der Waals surface area (Å²) in [7, 11) is 1.72. The van der Waals surface area contributed by atoms with Crippen LogP contribution in [-0.2, 0) is 16.6 Å². The highest BCUT2D eigenvalue weighted by Gasteiger charge is 2.28. The maximum absolute atomic E-state index is 6.25. The Balaban J connectivity index is 2.05. The molecule has 0 spiro atoms. The van der Waals surface area contributed by atoms with Crippen molar-refractivity contribution in [3.8, 4) is 5.75 Å². The number of hydrogen-bond donors (Lipinski definition) is 1. The first-order chi connectivity index (χ1) is 9.54. The molecule has 4 heteroatoms. The van der Waals surface area contributed by atoms with Crippen molar-refractivity contribution in [2.24, 2.45) is 0 Å². The van der Waals surface area contributed by atoms with Gasteiger partial charge in [-0.2, -0.15) is 0 Å². The van der Waals surface area contributed by atoms with Crippen molar-refractivity contribution in [1.29, 1.82) is 0 Å². The van der Waals surface area contributed by atoms with Gasteiger partial charge in [0.25, 0.3) is 0 Å². The second-order valence-electron chi connectivity index (χ2n) is 5.92. The second-order valence-corrected chi connectivity index (χ2v) is 6.35. The standard InChI is InChI=1S/C16H24ClNO2/c1-16(2,5-6-18-7-9-19-3)14-11-13(17)10-12-4-8-20-15(12)14/h10-11,18H,4-9H2,1-3H3.